The fourth-order valence-corrected chi connectivity index (χ4v) is 3.16. The molecule has 0 aliphatic carbocycles. The number of nitrogens with one attached hydrogen (secondary N) is 1. The van der Waals surface area contributed by atoms with E-state index in [4.69, 9.17) is 5.84 Å². The van der Waals surface area contributed by atoms with E-state index >= 15 is 0 Å². The second-order valence-electron chi connectivity index (χ2n) is 3.83. The van der Waals surface area contributed by atoms with Crippen LogP contribution in [0.5, 0.6) is 0 Å². The van der Waals surface area contributed by atoms with Gasteiger partial charge < -0.3 is 0 Å². The van der Waals surface area contributed by atoms with E-state index in [0.29, 0.717) is 12.8 Å². The average Bonchev–Trinajstić information content (AvgIpc) is 2.14. The molecule has 0 spiro atoms. The van der Waals surface area contributed by atoms with Crippen LogP contribution in [-0.4, -0.2) is 46.4 Å². The SMILES string of the molecule is CCS(=O)(=O)CCCC(CS(C)(=O)=O)NN. The molecule has 1 atom stereocenters. The van der Waals surface area contributed by atoms with Crippen molar-refractivity contribution in [2.75, 3.05) is 23.5 Å². The molecule has 0 heterocycles. The molecule has 0 aromatic carbocycles. The predicted molar refractivity (Wildman–Crippen MR) is 64.4 cm³/mol. The zero-order chi connectivity index (χ0) is 12.8. The second-order valence-corrected chi connectivity index (χ2v) is 8.49. The third-order valence-electron chi connectivity index (χ3n) is 2.19. The summed E-state index contributed by atoms with van der Waals surface area (Å²) in [5, 5.41) is 0. The van der Waals surface area contributed by atoms with Gasteiger partial charge in [-0.25, -0.2) is 16.8 Å². The molecule has 16 heavy (non-hydrogen) atoms. The number of hydrazine groups is 1. The van der Waals surface area contributed by atoms with E-state index in [1.54, 1.807) is 6.92 Å². The molecule has 8 heteroatoms. The van der Waals surface area contributed by atoms with Crippen LogP contribution in [0.15, 0.2) is 0 Å². The van der Waals surface area contributed by atoms with Crippen LogP contribution in [-0.2, 0) is 19.7 Å². The minimum atomic E-state index is -3.10. The Morgan fingerprint density at radius 2 is 1.81 bits per heavy atom. The largest absolute Gasteiger partial charge is 0.271 e. The monoisotopic (exact) mass is 272 g/mol. The quantitative estimate of drug-likeness (QED) is 0.437. The molecule has 0 radical (unpaired) electrons. The average molecular weight is 272 g/mol. The highest BCUT2D eigenvalue weighted by Crippen LogP contribution is 2.03. The van der Waals surface area contributed by atoms with Crippen LogP contribution >= 0.6 is 0 Å². The van der Waals surface area contributed by atoms with Crippen LogP contribution in [0.2, 0.25) is 0 Å². The van der Waals surface area contributed by atoms with E-state index in [2.05, 4.69) is 5.43 Å². The Morgan fingerprint density at radius 3 is 2.19 bits per heavy atom. The summed E-state index contributed by atoms with van der Waals surface area (Å²) in [5.74, 6) is 5.31. The van der Waals surface area contributed by atoms with E-state index < -0.39 is 19.7 Å². The molecule has 0 saturated heterocycles. The Kier molecular flexibility index (Phi) is 6.46. The van der Waals surface area contributed by atoms with Gasteiger partial charge in [-0.05, 0) is 12.8 Å². The lowest BCUT2D eigenvalue weighted by Gasteiger charge is -2.14. The Morgan fingerprint density at radius 1 is 1.25 bits per heavy atom. The van der Waals surface area contributed by atoms with Crippen LogP contribution < -0.4 is 11.3 Å². The fourth-order valence-electron chi connectivity index (χ4n) is 1.27. The normalized spacial score (nSPS) is 14.9. The molecule has 3 N–H and O–H groups in total. The highest BCUT2D eigenvalue weighted by Gasteiger charge is 2.15. The lowest BCUT2D eigenvalue weighted by molar-refractivity contribution is 0.513. The van der Waals surface area contributed by atoms with Gasteiger partial charge in [0, 0.05) is 18.1 Å². The maximum absolute atomic E-state index is 11.2. The molecular weight excluding hydrogens is 252 g/mol. The smallest absolute Gasteiger partial charge is 0.150 e. The Balaban J connectivity index is 4.08. The lowest BCUT2D eigenvalue weighted by atomic mass is 10.2. The molecule has 0 aliphatic heterocycles. The molecule has 0 fully saturated rings. The Labute approximate surface area is 97.4 Å². The first-order chi connectivity index (χ1) is 7.20. The number of hydrogen-bond donors (Lipinski definition) is 2. The maximum Gasteiger partial charge on any atom is 0.150 e. The van der Waals surface area contributed by atoms with Gasteiger partial charge in [-0.1, -0.05) is 6.92 Å². The van der Waals surface area contributed by atoms with Crippen molar-refractivity contribution in [3.05, 3.63) is 0 Å². The van der Waals surface area contributed by atoms with Gasteiger partial charge in [-0.2, -0.15) is 0 Å². The molecule has 98 valence electrons. The molecule has 0 amide bonds. The van der Waals surface area contributed by atoms with Gasteiger partial charge in [0.15, 0.2) is 0 Å². The fraction of sp³-hybridized carbons (Fsp3) is 1.00. The van der Waals surface area contributed by atoms with Crippen LogP contribution in [0.1, 0.15) is 19.8 Å². The van der Waals surface area contributed by atoms with Crippen molar-refractivity contribution in [1.82, 2.24) is 5.43 Å². The summed E-state index contributed by atoms with van der Waals surface area (Å²) in [5.41, 5.74) is 2.39. The summed E-state index contributed by atoms with van der Waals surface area (Å²) in [7, 11) is -6.08. The number of sulfone groups is 2. The second kappa shape index (κ2) is 6.53. The van der Waals surface area contributed by atoms with E-state index in [1.165, 1.54) is 0 Å². The van der Waals surface area contributed by atoms with Gasteiger partial charge in [0.1, 0.15) is 19.7 Å². The Bertz CT molecular complexity index is 388. The highest BCUT2D eigenvalue weighted by molar-refractivity contribution is 7.91. The van der Waals surface area contributed by atoms with E-state index in [0.717, 1.165) is 6.26 Å². The molecule has 0 rings (SSSR count). The van der Waals surface area contributed by atoms with Crippen LogP contribution in [0.3, 0.4) is 0 Å². The molecule has 0 aromatic heterocycles. The first kappa shape index (κ1) is 15.8. The summed E-state index contributed by atoms with van der Waals surface area (Å²) in [4.78, 5) is 0. The van der Waals surface area contributed by atoms with Crippen LogP contribution in [0.4, 0.5) is 0 Å². The van der Waals surface area contributed by atoms with Gasteiger partial charge in [-0.15, -0.1) is 0 Å². The zero-order valence-electron chi connectivity index (χ0n) is 9.64. The highest BCUT2D eigenvalue weighted by atomic mass is 32.2. The van der Waals surface area contributed by atoms with Gasteiger partial charge >= 0.3 is 0 Å². The summed E-state index contributed by atoms with van der Waals surface area (Å²) in [6.07, 6.45) is 1.98. The Hall–Kier alpha value is -0.180. The van der Waals surface area contributed by atoms with Gasteiger partial charge in [0.25, 0.3) is 0 Å². The molecule has 6 nitrogen and oxygen atoms in total. The van der Waals surface area contributed by atoms with E-state index in [1.807, 2.05) is 0 Å². The van der Waals surface area contributed by atoms with E-state index in [9.17, 15) is 16.8 Å². The molecule has 0 bridgehead atoms. The van der Waals surface area contributed by atoms with Gasteiger partial charge in [0.2, 0.25) is 0 Å². The number of rotatable bonds is 8. The van der Waals surface area contributed by atoms with Crippen molar-refractivity contribution in [2.45, 2.75) is 25.8 Å². The zero-order valence-corrected chi connectivity index (χ0v) is 11.3. The van der Waals surface area contributed by atoms with E-state index in [-0.39, 0.29) is 23.3 Å². The third kappa shape index (κ3) is 8.03. The van der Waals surface area contributed by atoms with Crippen molar-refractivity contribution in [3.8, 4) is 0 Å². The summed E-state index contributed by atoms with van der Waals surface area (Å²) in [6, 6.07) is -0.387. The van der Waals surface area contributed by atoms with Crippen molar-refractivity contribution in [2.24, 2.45) is 5.84 Å². The molecule has 0 aliphatic rings. The van der Waals surface area contributed by atoms with Crippen molar-refractivity contribution in [1.29, 1.82) is 0 Å². The predicted octanol–water partition coefficient (Wildman–Crippen LogP) is -0.922. The molecule has 1 unspecified atom stereocenters. The standard InChI is InChI=1S/C8H20N2O4S2/c1-3-16(13,14)6-4-5-8(10-9)7-15(2,11)12/h8,10H,3-7,9H2,1-2H3. The van der Waals surface area contributed by atoms with Crippen molar-refractivity contribution >= 4 is 19.7 Å². The summed E-state index contributed by atoms with van der Waals surface area (Å²) >= 11 is 0. The van der Waals surface area contributed by atoms with Crippen molar-refractivity contribution in [3.63, 3.8) is 0 Å². The lowest BCUT2D eigenvalue weighted by Crippen LogP contribution is -2.40. The summed E-state index contributed by atoms with van der Waals surface area (Å²) < 4.78 is 44.4. The first-order valence-electron chi connectivity index (χ1n) is 5.04. The van der Waals surface area contributed by atoms with Gasteiger partial charge in [-0.3, -0.25) is 11.3 Å². The minimum absolute atomic E-state index is 0.0737. The van der Waals surface area contributed by atoms with Gasteiger partial charge in [0.05, 0.1) is 11.5 Å². The first-order valence-corrected chi connectivity index (χ1v) is 8.92. The molecular formula is C8H20N2O4S2. The van der Waals surface area contributed by atoms with Crippen LogP contribution in [0, 0.1) is 0 Å². The topological polar surface area (TPSA) is 106 Å². The third-order valence-corrected chi connectivity index (χ3v) is 4.99. The number of hydrogen-bond acceptors (Lipinski definition) is 6. The number of nitrogens with two attached hydrogens (primary N) is 1. The molecule has 0 saturated carbocycles. The molecule has 0 aromatic rings. The van der Waals surface area contributed by atoms with Crippen molar-refractivity contribution < 1.29 is 16.8 Å². The summed E-state index contributed by atoms with van der Waals surface area (Å²) in [6.45, 7) is 1.59. The maximum atomic E-state index is 11.2. The van der Waals surface area contributed by atoms with Crippen LogP contribution in [0.25, 0.3) is 0 Å². The minimum Gasteiger partial charge on any atom is -0.271 e.